The predicted octanol–water partition coefficient (Wildman–Crippen LogP) is 3.58. The number of para-hydroxylation sites is 2. The molecule has 0 saturated heterocycles. The number of halogens is 2. The number of benzene rings is 2. The van der Waals surface area contributed by atoms with Crippen LogP contribution in [-0.4, -0.2) is 9.97 Å². The largest absolute Gasteiger partial charge is 0.319 e. The molecule has 0 fully saturated rings. The summed E-state index contributed by atoms with van der Waals surface area (Å²) in [6, 6.07) is 11.9. The molecule has 2 N–H and O–H groups in total. The van der Waals surface area contributed by atoms with E-state index in [4.69, 9.17) is 5.73 Å². The Kier molecular flexibility index (Phi) is 3.46. The summed E-state index contributed by atoms with van der Waals surface area (Å²) >= 11 is 3.16. The van der Waals surface area contributed by atoms with E-state index in [1.807, 2.05) is 24.3 Å². The molecule has 3 nitrogen and oxygen atoms in total. The van der Waals surface area contributed by atoms with E-state index < -0.39 is 6.04 Å². The quantitative estimate of drug-likeness (QED) is 0.780. The van der Waals surface area contributed by atoms with Gasteiger partial charge >= 0.3 is 0 Å². The van der Waals surface area contributed by atoms with Crippen molar-refractivity contribution in [1.29, 1.82) is 0 Å². The normalized spacial score (nSPS) is 12.6. The lowest BCUT2D eigenvalue weighted by Crippen LogP contribution is -2.15. The molecule has 1 heterocycles. The molecule has 0 bridgehead atoms. The van der Waals surface area contributed by atoms with Gasteiger partial charge in [0.1, 0.15) is 5.82 Å². The lowest BCUT2D eigenvalue weighted by molar-refractivity contribution is 0.591. The Morgan fingerprint density at radius 2 is 1.80 bits per heavy atom. The van der Waals surface area contributed by atoms with Crippen molar-refractivity contribution >= 4 is 27.0 Å². The predicted molar refractivity (Wildman–Crippen MR) is 79.7 cm³/mol. The first-order chi connectivity index (χ1) is 9.66. The van der Waals surface area contributed by atoms with E-state index in [0.29, 0.717) is 15.7 Å². The lowest BCUT2D eigenvalue weighted by Gasteiger charge is -2.13. The highest BCUT2D eigenvalue weighted by molar-refractivity contribution is 9.10. The number of fused-ring (bicyclic) bond motifs is 1. The number of nitrogens with zero attached hydrogens (tertiary/aromatic N) is 2. The minimum Gasteiger partial charge on any atom is -0.319 e. The van der Waals surface area contributed by atoms with Crippen LogP contribution in [0.5, 0.6) is 0 Å². The van der Waals surface area contributed by atoms with E-state index >= 15 is 0 Å². The van der Waals surface area contributed by atoms with Gasteiger partial charge in [-0.15, -0.1) is 0 Å². The second-order valence-corrected chi connectivity index (χ2v) is 5.26. The molecule has 5 heteroatoms. The third kappa shape index (κ3) is 2.30. The molecule has 1 aromatic heterocycles. The van der Waals surface area contributed by atoms with Crippen LogP contribution in [0.3, 0.4) is 0 Å². The van der Waals surface area contributed by atoms with Crippen molar-refractivity contribution in [1.82, 2.24) is 9.97 Å². The van der Waals surface area contributed by atoms with Crippen LogP contribution in [-0.2, 0) is 0 Å². The molecule has 2 aromatic carbocycles. The Bertz CT molecular complexity index is 776. The molecule has 0 amide bonds. The molecular formula is C15H11BrFN3. The van der Waals surface area contributed by atoms with Gasteiger partial charge in [0, 0.05) is 5.56 Å². The Labute approximate surface area is 123 Å². The second-order valence-electron chi connectivity index (χ2n) is 4.40. The minimum atomic E-state index is -0.649. The van der Waals surface area contributed by atoms with E-state index in [-0.39, 0.29) is 5.82 Å². The Morgan fingerprint density at radius 3 is 2.60 bits per heavy atom. The van der Waals surface area contributed by atoms with Gasteiger partial charge in [-0.25, -0.2) is 9.37 Å². The van der Waals surface area contributed by atoms with E-state index in [1.165, 1.54) is 0 Å². The van der Waals surface area contributed by atoms with Gasteiger partial charge in [0.2, 0.25) is 0 Å². The number of hydrogen-bond acceptors (Lipinski definition) is 3. The summed E-state index contributed by atoms with van der Waals surface area (Å²) in [6.07, 6.45) is 1.59. The van der Waals surface area contributed by atoms with Crippen LogP contribution in [0.2, 0.25) is 0 Å². The second kappa shape index (κ2) is 5.26. The maximum absolute atomic E-state index is 14.1. The number of aromatic nitrogens is 2. The number of hydrogen-bond donors (Lipinski definition) is 1. The van der Waals surface area contributed by atoms with Gasteiger partial charge in [-0.3, -0.25) is 4.98 Å². The molecule has 0 aliphatic carbocycles. The number of rotatable bonds is 2. The smallest absolute Gasteiger partial charge is 0.142 e. The van der Waals surface area contributed by atoms with Crippen molar-refractivity contribution in [2.75, 3.05) is 0 Å². The summed E-state index contributed by atoms with van der Waals surface area (Å²) in [4.78, 5) is 8.76. The fraction of sp³-hybridized carbons (Fsp3) is 0.0667. The van der Waals surface area contributed by atoms with Crippen molar-refractivity contribution in [2.45, 2.75) is 6.04 Å². The van der Waals surface area contributed by atoms with Gasteiger partial charge in [0.15, 0.2) is 0 Å². The van der Waals surface area contributed by atoms with Gasteiger partial charge in [-0.2, -0.15) is 0 Å². The summed E-state index contributed by atoms with van der Waals surface area (Å²) in [6.45, 7) is 0. The molecule has 1 atom stereocenters. The molecule has 3 aromatic rings. The molecular weight excluding hydrogens is 321 g/mol. The van der Waals surface area contributed by atoms with Crippen molar-refractivity contribution in [3.63, 3.8) is 0 Å². The molecule has 0 radical (unpaired) electrons. The molecule has 1 unspecified atom stereocenters. The first-order valence-electron chi connectivity index (χ1n) is 6.08. The summed E-state index contributed by atoms with van der Waals surface area (Å²) in [5, 5.41) is 0. The highest BCUT2D eigenvalue weighted by Crippen LogP contribution is 2.26. The standard InChI is InChI=1S/C15H11BrFN3/c16-10-5-3-4-9(14(10)17)15(18)13-8-19-11-6-1-2-7-12(11)20-13/h1-8,15H,18H2. The fourth-order valence-electron chi connectivity index (χ4n) is 2.04. The SMILES string of the molecule is NC(c1cnc2ccccc2n1)c1cccc(Br)c1F. The van der Waals surface area contributed by atoms with Gasteiger partial charge in [-0.05, 0) is 34.1 Å². The van der Waals surface area contributed by atoms with Gasteiger partial charge in [0.25, 0.3) is 0 Å². The van der Waals surface area contributed by atoms with Gasteiger partial charge < -0.3 is 5.73 Å². The molecule has 20 heavy (non-hydrogen) atoms. The summed E-state index contributed by atoms with van der Waals surface area (Å²) in [7, 11) is 0. The fourth-order valence-corrected chi connectivity index (χ4v) is 2.42. The first-order valence-corrected chi connectivity index (χ1v) is 6.87. The summed E-state index contributed by atoms with van der Waals surface area (Å²) < 4.78 is 14.5. The molecule has 3 rings (SSSR count). The maximum Gasteiger partial charge on any atom is 0.142 e. The summed E-state index contributed by atoms with van der Waals surface area (Å²) in [5.74, 6) is -0.366. The number of nitrogens with two attached hydrogens (primary N) is 1. The monoisotopic (exact) mass is 331 g/mol. The molecule has 0 aliphatic rings. The van der Waals surface area contributed by atoms with Crippen LogP contribution in [0.4, 0.5) is 4.39 Å². The van der Waals surface area contributed by atoms with Crippen LogP contribution in [0.25, 0.3) is 11.0 Å². The van der Waals surface area contributed by atoms with E-state index in [9.17, 15) is 4.39 Å². The van der Waals surface area contributed by atoms with Crippen LogP contribution in [0.15, 0.2) is 53.1 Å². The van der Waals surface area contributed by atoms with Crippen molar-refractivity contribution in [2.24, 2.45) is 5.73 Å². The third-order valence-electron chi connectivity index (χ3n) is 3.10. The Balaban J connectivity index is 2.08. The van der Waals surface area contributed by atoms with E-state index in [0.717, 1.165) is 11.0 Å². The molecule has 100 valence electrons. The third-order valence-corrected chi connectivity index (χ3v) is 3.71. The maximum atomic E-state index is 14.1. The van der Waals surface area contributed by atoms with Crippen molar-refractivity contribution < 1.29 is 4.39 Å². The van der Waals surface area contributed by atoms with Gasteiger partial charge in [-0.1, -0.05) is 24.3 Å². The van der Waals surface area contributed by atoms with E-state index in [1.54, 1.807) is 24.4 Å². The highest BCUT2D eigenvalue weighted by atomic mass is 79.9. The molecule has 0 spiro atoms. The average molecular weight is 332 g/mol. The lowest BCUT2D eigenvalue weighted by atomic mass is 10.0. The summed E-state index contributed by atoms with van der Waals surface area (Å²) in [5.41, 5.74) is 8.58. The zero-order chi connectivity index (χ0) is 14.1. The van der Waals surface area contributed by atoms with Crippen molar-refractivity contribution in [3.05, 3.63) is 70.2 Å². The minimum absolute atomic E-state index is 0.366. The topological polar surface area (TPSA) is 51.8 Å². The van der Waals surface area contributed by atoms with Crippen LogP contribution in [0, 0.1) is 5.82 Å². The van der Waals surface area contributed by atoms with Crippen LogP contribution in [0.1, 0.15) is 17.3 Å². The highest BCUT2D eigenvalue weighted by Gasteiger charge is 2.17. The van der Waals surface area contributed by atoms with Crippen LogP contribution < -0.4 is 5.73 Å². The van der Waals surface area contributed by atoms with E-state index in [2.05, 4.69) is 25.9 Å². The van der Waals surface area contributed by atoms with Crippen LogP contribution >= 0.6 is 15.9 Å². The molecule has 0 aliphatic heterocycles. The average Bonchev–Trinajstić information content (AvgIpc) is 2.49. The first kappa shape index (κ1) is 13.1. The Morgan fingerprint density at radius 1 is 1.05 bits per heavy atom. The zero-order valence-corrected chi connectivity index (χ0v) is 12.0. The van der Waals surface area contributed by atoms with Gasteiger partial charge in [0.05, 0.1) is 33.4 Å². The zero-order valence-electron chi connectivity index (χ0n) is 10.4. The Hall–Kier alpha value is -1.85. The van der Waals surface area contributed by atoms with Crippen molar-refractivity contribution in [3.8, 4) is 0 Å². The molecule has 0 saturated carbocycles.